The summed E-state index contributed by atoms with van der Waals surface area (Å²) in [6, 6.07) is 12.2. The number of nitrogens with zero attached hydrogens (tertiary/aromatic N) is 2. The highest BCUT2D eigenvalue weighted by molar-refractivity contribution is 7.17. The van der Waals surface area contributed by atoms with E-state index < -0.39 is 12.6 Å². The molecule has 0 spiro atoms. The summed E-state index contributed by atoms with van der Waals surface area (Å²) in [4.78, 5) is 19.3. The van der Waals surface area contributed by atoms with Gasteiger partial charge in [0.25, 0.3) is 0 Å². The highest BCUT2D eigenvalue weighted by atomic mass is 35.5. The van der Waals surface area contributed by atoms with Crippen LogP contribution in [0.25, 0.3) is 16.6 Å². The molecule has 1 aromatic carbocycles. The average Bonchev–Trinajstić information content (AvgIpc) is 3.19. The first-order valence-corrected chi connectivity index (χ1v) is 7.97. The van der Waals surface area contributed by atoms with Gasteiger partial charge in [0.15, 0.2) is 11.6 Å². The number of hydrogen-bond acceptors (Lipinski definition) is 6. The van der Waals surface area contributed by atoms with E-state index in [1.54, 1.807) is 18.2 Å². The molecule has 120 valence electrons. The molecule has 3 aromatic rings. The van der Waals surface area contributed by atoms with Gasteiger partial charge >= 0.3 is 5.97 Å². The Morgan fingerprint density at radius 1 is 1.38 bits per heavy atom. The van der Waals surface area contributed by atoms with E-state index in [0.717, 1.165) is 16.9 Å². The van der Waals surface area contributed by atoms with Crippen LogP contribution in [0.3, 0.4) is 0 Å². The van der Waals surface area contributed by atoms with Gasteiger partial charge in [-0.05, 0) is 24.3 Å². The van der Waals surface area contributed by atoms with E-state index in [9.17, 15) is 15.2 Å². The van der Waals surface area contributed by atoms with Gasteiger partial charge in [0.1, 0.15) is 23.1 Å². The number of benzene rings is 1. The standard InChI is InChI=1S/C16H10ClN3O3S/c17-14-6-5-13(24-14)16(22)23-8-12(21)9(7-18)15-19-10-3-1-2-4-11(10)20-15/h1-6,21H,8H2,(H,19,20)/b12-9-. The van der Waals surface area contributed by atoms with Crippen molar-refractivity contribution in [3.8, 4) is 6.07 Å². The molecule has 0 saturated heterocycles. The number of imidazole rings is 1. The van der Waals surface area contributed by atoms with E-state index in [4.69, 9.17) is 16.3 Å². The second-order valence-corrected chi connectivity index (χ2v) is 6.43. The molecule has 2 heterocycles. The number of nitrogens with one attached hydrogen (secondary N) is 1. The maximum absolute atomic E-state index is 11.8. The zero-order valence-electron chi connectivity index (χ0n) is 12.1. The number of aromatic amines is 1. The topological polar surface area (TPSA) is 99.0 Å². The Morgan fingerprint density at radius 2 is 2.17 bits per heavy atom. The second-order valence-electron chi connectivity index (χ2n) is 4.72. The quantitative estimate of drug-likeness (QED) is 0.417. The number of H-pyrrole nitrogens is 1. The van der Waals surface area contributed by atoms with Crippen molar-refractivity contribution in [2.75, 3.05) is 6.61 Å². The molecule has 0 radical (unpaired) electrons. The molecule has 0 saturated carbocycles. The summed E-state index contributed by atoms with van der Waals surface area (Å²) in [5, 5.41) is 19.4. The number of aliphatic hydroxyl groups is 1. The lowest BCUT2D eigenvalue weighted by atomic mass is 10.2. The first-order valence-electron chi connectivity index (χ1n) is 6.78. The van der Waals surface area contributed by atoms with E-state index >= 15 is 0 Å². The van der Waals surface area contributed by atoms with Crippen molar-refractivity contribution in [1.29, 1.82) is 5.26 Å². The summed E-state index contributed by atoms with van der Waals surface area (Å²) in [6.07, 6.45) is 0. The van der Waals surface area contributed by atoms with Gasteiger partial charge in [-0.2, -0.15) is 5.26 Å². The van der Waals surface area contributed by atoms with Crippen LogP contribution in [0.15, 0.2) is 42.2 Å². The molecule has 3 rings (SSSR count). The summed E-state index contributed by atoms with van der Waals surface area (Å²) in [5.41, 5.74) is 1.32. The number of ether oxygens (including phenoxy) is 1. The predicted molar refractivity (Wildman–Crippen MR) is 90.9 cm³/mol. The van der Waals surface area contributed by atoms with Gasteiger partial charge in [0, 0.05) is 0 Å². The van der Waals surface area contributed by atoms with Crippen LogP contribution in [0.2, 0.25) is 4.34 Å². The molecule has 6 nitrogen and oxygen atoms in total. The molecule has 0 bridgehead atoms. The van der Waals surface area contributed by atoms with Gasteiger partial charge in [-0.1, -0.05) is 23.7 Å². The number of nitriles is 1. The summed E-state index contributed by atoms with van der Waals surface area (Å²) >= 11 is 6.83. The smallest absolute Gasteiger partial charge is 0.348 e. The lowest BCUT2D eigenvalue weighted by Crippen LogP contribution is -2.08. The summed E-state index contributed by atoms with van der Waals surface area (Å²) in [6.45, 7) is -0.436. The SMILES string of the molecule is N#C/C(=C(/O)COC(=O)c1ccc(Cl)s1)c1nc2ccccc2[nH]1. The van der Waals surface area contributed by atoms with Crippen LogP contribution in [0.1, 0.15) is 15.5 Å². The van der Waals surface area contributed by atoms with Crippen molar-refractivity contribution in [3.63, 3.8) is 0 Å². The highest BCUT2D eigenvalue weighted by Crippen LogP contribution is 2.23. The van der Waals surface area contributed by atoms with E-state index in [2.05, 4.69) is 9.97 Å². The predicted octanol–water partition coefficient (Wildman–Crippen LogP) is 3.93. The molecule has 8 heteroatoms. The number of carbonyl (C=O) groups excluding carboxylic acids is 1. The van der Waals surface area contributed by atoms with Crippen molar-refractivity contribution in [2.24, 2.45) is 0 Å². The molecule has 0 unspecified atom stereocenters. The minimum atomic E-state index is -0.625. The number of aliphatic hydroxyl groups excluding tert-OH is 1. The maximum atomic E-state index is 11.8. The number of fused-ring (bicyclic) bond motifs is 1. The van der Waals surface area contributed by atoms with Crippen LogP contribution in [-0.4, -0.2) is 27.7 Å². The van der Waals surface area contributed by atoms with Crippen molar-refractivity contribution >= 4 is 45.5 Å². The van der Waals surface area contributed by atoms with Crippen molar-refractivity contribution in [3.05, 3.63) is 57.2 Å². The lowest BCUT2D eigenvalue weighted by molar-refractivity contribution is 0.0508. The van der Waals surface area contributed by atoms with Crippen LogP contribution in [-0.2, 0) is 4.74 Å². The zero-order chi connectivity index (χ0) is 17.1. The highest BCUT2D eigenvalue weighted by Gasteiger charge is 2.16. The van der Waals surface area contributed by atoms with Gasteiger partial charge in [-0.3, -0.25) is 0 Å². The maximum Gasteiger partial charge on any atom is 0.348 e. The van der Waals surface area contributed by atoms with Crippen LogP contribution in [0, 0.1) is 11.3 Å². The molecule has 0 aliphatic carbocycles. The molecule has 0 amide bonds. The third-order valence-corrected chi connectivity index (χ3v) is 4.35. The zero-order valence-corrected chi connectivity index (χ0v) is 13.7. The lowest BCUT2D eigenvalue weighted by Gasteiger charge is -2.04. The molecule has 0 aliphatic rings. The first-order chi connectivity index (χ1) is 11.6. The number of thiophene rings is 1. The molecule has 24 heavy (non-hydrogen) atoms. The van der Waals surface area contributed by atoms with Gasteiger partial charge in [-0.25, -0.2) is 9.78 Å². The van der Waals surface area contributed by atoms with Gasteiger partial charge in [-0.15, -0.1) is 11.3 Å². The minimum absolute atomic E-state index is 0.0804. The number of hydrogen-bond donors (Lipinski definition) is 2. The van der Waals surface area contributed by atoms with Gasteiger partial charge < -0.3 is 14.8 Å². The van der Waals surface area contributed by atoms with Crippen LogP contribution >= 0.6 is 22.9 Å². The largest absolute Gasteiger partial charge is 0.507 e. The number of esters is 1. The fourth-order valence-corrected chi connectivity index (χ4v) is 2.96. The van der Waals surface area contributed by atoms with E-state index in [-0.39, 0.29) is 17.2 Å². The third-order valence-electron chi connectivity index (χ3n) is 3.14. The molecular weight excluding hydrogens is 350 g/mol. The van der Waals surface area contributed by atoms with Crippen LogP contribution in [0.5, 0.6) is 0 Å². The van der Waals surface area contributed by atoms with Crippen molar-refractivity contribution in [1.82, 2.24) is 9.97 Å². The number of aromatic nitrogens is 2. The summed E-state index contributed by atoms with van der Waals surface area (Å²) < 4.78 is 5.45. The number of allylic oxidation sites excluding steroid dienone is 1. The fourth-order valence-electron chi connectivity index (χ4n) is 2.03. The molecule has 0 aliphatic heterocycles. The molecule has 2 aromatic heterocycles. The van der Waals surface area contributed by atoms with Gasteiger partial charge in [0.2, 0.25) is 0 Å². The van der Waals surface area contributed by atoms with E-state index in [1.807, 2.05) is 18.2 Å². The Bertz CT molecular complexity index is 951. The molecule has 2 N–H and O–H groups in total. The molecule has 0 fully saturated rings. The Balaban J connectivity index is 1.80. The Kier molecular flexibility index (Phi) is 4.51. The average molecular weight is 360 g/mol. The van der Waals surface area contributed by atoms with Crippen LogP contribution < -0.4 is 0 Å². The molecule has 0 atom stereocenters. The van der Waals surface area contributed by atoms with Crippen molar-refractivity contribution < 1.29 is 14.6 Å². The van der Waals surface area contributed by atoms with Crippen molar-refractivity contribution in [2.45, 2.75) is 0 Å². The van der Waals surface area contributed by atoms with E-state index in [1.165, 1.54) is 6.07 Å². The minimum Gasteiger partial charge on any atom is -0.507 e. The second kappa shape index (κ2) is 6.74. The molecular formula is C16H10ClN3O3S. The Morgan fingerprint density at radius 3 is 2.83 bits per heavy atom. The fraction of sp³-hybridized carbons (Fsp3) is 0.0625. The number of carbonyl (C=O) groups is 1. The summed E-state index contributed by atoms with van der Waals surface area (Å²) in [7, 11) is 0. The van der Waals surface area contributed by atoms with E-state index in [0.29, 0.717) is 14.7 Å². The monoisotopic (exact) mass is 359 g/mol. The summed E-state index contributed by atoms with van der Waals surface area (Å²) in [5.74, 6) is -0.792. The normalized spacial score (nSPS) is 11.8. The Labute approximate surface area is 145 Å². The number of para-hydroxylation sites is 2. The first kappa shape index (κ1) is 16.1. The Hall–Kier alpha value is -2.82. The number of halogens is 1. The number of rotatable bonds is 4. The van der Waals surface area contributed by atoms with Crippen LogP contribution in [0.4, 0.5) is 0 Å². The third kappa shape index (κ3) is 3.25. The van der Waals surface area contributed by atoms with Gasteiger partial charge in [0.05, 0.1) is 15.4 Å².